The largest absolute Gasteiger partial charge is 0.313 e. The van der Waals surface area contributed by atoms with Crippen LogP contribution in [0.5, 0.6) is 0 Å². The number of halogens is 1. The van der Waals surface area contributed by atoms with Gasteiger partial charge in [-0.1, -0.05) is 13.8 Å². The second kappa shape index (κ2) is 7.85. The third kappa shape index (κ3) is 3.60. The average Bonchev–Trinajstić information content (AvgIpc) is 3.02. The average molecular weight is 360 g/mol. The zero-order valence-corrected chi connectivity index (χ0v) is 15.2. The summed E-state index contributed by atoms with van der Waals surface area (Å²) in [6.45, 7) is 8.68. The van der Waals surface area contributed by atoms with Crippen LogP contribution >= 0.6 is 27.7 Å². The quantitative estimate of drug-likeness (QED) is 0.807. The van der Waals surface area contributed by atoms with Crippen LogP contribution in [0, 0.1) is 5.92 Å². The minimum absolute atomic E-state index is 0.664. The predicted molar refractivity (Wildman–Crippen MR) is 91.6 cm³/mol. The Kier molecular flexibility index (Phi) is 6.43. The van der Waals surface area contributed by atoms with Gasteiger partial charge in [-0.05, 0) is 60.3 Å². The molecule has 5 heteroatoms. The second-order valence-corrected chi connectivity index (χ2v) is 7.31. The molecule has 0 spiro atoms. The van der Waals surface area contributed by atoms with Crippen LogP contribution in [-0.2, 0) is 19.4 Å². The predicted octanol–water partition coefficient (Wildman–Crippen LogP) is 3.50. The molecule has 1 aromatic rings. The van der Waals surface area contributed by atoms with Gasteiger partial charge in [0, 0.05) is 18.3 Å². The van der Waals surface area contributed by atoms with E-state index >= 15 is 0 Å². The fourth-order valence-electron chi connectivity index (χ4n) is 2.82. The fraction of sp³-hybridized carbons (Fsp3) is 0.800. The summed E-state index contributed by atoms with van der Waals surface area (Å²) < 4.78 is 3.43. The third-order valence-corrected chi connectivity index (χ3v) is 6.18. The SMILES string of the molecule is CCCNC1CSCC1Cc1c(Br)c(CC)nn1CC. The second-order valence-electron chi connectivity index (χ2n) is 5.44. The van der Waals surface area contributed by atoms with Gasteiger partial charge in [0.15, 0.2) is 0 Å². The Bertz CT molecular complexity index is 433. The highest BCUT2D eigenvalue weighted by Crippen LogP contribution is 2.31. The number of nitrogens with zero attached hydrogens (tertiary/aromatic N) is 2. The number of rotatable bonds is 7. The summed E-state index contributed by atoms with van der Waals surface area (Å²) in [5.74, 6) is 3.25. The molecule has 1 fully saturated rings. The van der Waals surface area contributed by atoms with E-state index in [1.165, 1.54) is 33.8 Å². The highest BCUT2D eigenvalue weighted by atomic mass is 79.9. The molecule has 20 heavy (non-hydrogen) atoms. The Hall–Kier alpha value is 0. The third-order valence-electron chi connectivity index (χ3n) is 4.00. The summed E-state index contributed by atoms with van der Waals surface area (Å²) >= 11 is 5.86. The van der Waals surface area contributed by atoms with Crippen LogP contribution in [0.25, 0.3) is 0 Å². The Balaban J connectivity index is 2.10. The first-order valence-electron chi connectivity index (χ1n) is 7.76. The lowest BCUT2D eigenvalue weighted by Crippen LogP contribution is -2.37. The molecule has 0 saturated carbocycles. The van der Waals surface area contributed by atoms with Gasteiger partial charge in [-0.2, -0.15) is 16.9 Å². The van der Waals surface area contributed by atoms with Crippen molar-refractivity contribution in [3.8, 4) is 0 Å². The minimum Gasteiger partial charge on any atom is -0.313 e. The minimum atomic E-state index is 0.664. The van der Waals surface area contributed by atoms with Gasteiger partial charge in [0.1, 0.15) is 0 Å². The molecule has 1 aliphatic rings. The van der Waals surface area contributed by atoms with Crippen LogP contribution < -0.4 is 5.32 Å². The molecule has 0 bridgehead atoms. The van der Waals surface area contributed by atoms with Gasteiger partial charge in [0.2, 0.25) is 0 Å². The molecule has 0 aliphatic carbocycles. The topological polar surface area (TPSA) is 29.9 Å². The first kappa shape index (κ1) is 16.4. The number of hydrogen-bond acceptors (Lipinski definition) is 3. The Labute approximate surface area is 135 Å². The number of aromatic nitrogens is 2. The van der Waals surface area contributed by atoms with Gasteiger partial charge in [-0.15, -0.1) is 0 Å². The van der Waals surface area contributed by atoms with Gasteiger partial charge in [0.25, 0.3) is 0 Å². The van der Waals surface area contributed by atoms with Gasteiger partial charge >= 0.3 is 0 Å². The molecule has 1 saturated heterocycles. The van der Waals surface area contributed by atoms with Crippen molar-refractivity contribution in [3.63, 3.8) is 0 Å². The number of hydrogen-bond donors (Lipinski definition) is 1. The van der Waals surface area contributed by atoms with E-state index in [-0.39, 0.29) is 0 Å². The van der Waals surface area contributed by atoms with Crippen molar-refractivity contribution in [2.45, 2.75) is 52.6 Å². The van der Waals surface area contributed by atoms with Gasteiger partial charge in [-0.3, -0.25) is 4.68 Å². The maximum absolute atomic E-state index is 4.72. The number of aryl methyl sites for hydroxylation is 2. The molecule has 1 aromatic heterocycles. The van der Waals surface area contributed by atoms with Crippen molar-refractivity contribution in [1.82, 2.24) is 15.1 Å². The highest BCUT2D eigenvalue weighted by molar-refractivity contribution is 9.10. The Morgan fingerprint density at radius 2 is 2.15 bits per heavy atom. The molecule has 1 aliphatic heterocycles. The van der Waals surface area contributed by atoms with Gasteiger partial charge in [-0.25, -0.2) is 0 Å². The summed E-state index contributed by atoms with van der Waals surface area (Å²) in [4.78, 5) is 0. The Morgan fingerprint density at radius 3 is 2.80 bits per heavy atom. The number of thioether (sulfide) groups is 1. The fourth-order valence-corrected chi connectivity index (χ4v) is 4.97. The van der Waals surface area contributed by atoms with Crippen molar-refractivity contribution < 1.29 is 0 Å². The zero-order valence-electron chi connectivity index (χ0n) is 12.8. The van der Waals surface area contributed by atoms with Crippen molar-refractivity contribution in [3.05, 3.63) is 15.9 Å². The summed E-state index contributed by atoms with van der Waals surface area (Å²) in [6.07, 6.45) is 3.35. The van der Waals surface area contributed by atoms with Crippen LogP contribution in [0.3, 0.4) is 0 Å². The van der Waals surface area contributed by atoms with E-state index in [1.54, 1.807) is 0 Å². The molecule has 2 heterocycles. The molecule has 1 N–H and O–H groups in total. The summed E-state index contributed by atoms with van der Waals surface area (Å²) in [6, 6.07) is 0.664. The van der Waals surface area contributed by atoms with Crippen LogP contribution in [0.4, 0.5) is 0 Å². The molecule has 114 valence electrons. The molecule has 2 atom stereocenters. The standard InChI is InChI=1S/C15H26BrN3S/c1-4-7-17-13-10-20-9-11(13)8-14-15(16)12(5-2)18-19(14)6-3/h11,13,17H,4-10H2,1-3H3. The van der Waals surface area contributed by atoms with E-state index in [4.69, 9.17) is 5.10 Å². The monoisotopic (exact) mass is 359 g/mol. The lowest BCUT2D eigenvalue weighted by atomic mass is 9.97. The van der Waals surface area contributed by atoms with Crippen LogP contribution in [0.1, 0.15) is 38.6 Å². The maximum Gasteiger partial charge on any atom is 0.0766 e. The number of nitrogens with one attached hydrogen (secondary N) is 1. The summed E-state index contributed by atoms with van der Waals surface area (Å²) in [7, 11) is 0. The van der Waals surface area contributed by atoms with Crippen molar-refractivity contribution in [1.29, 1.82) is 0 Å². The summed E-state index contributed by atoms with van der Waals surface area (Å²) in [5, 5.41) is 8.43. The van der Waals surface area contributed by atoms with E-state index in [0.29, 0.717) is 6.04 Å². The van der Waals surface area contributed by atoms with E-state index in [0.717, 1.165) is 31.8 Å². The smallest absolute Gasteiger partial charge is 0.0766 e. The zero-order chi connectivity index (χ0) is 14.5. The van der Waals surface area contributed by atoms with Crippen molar-refractivity contribution in [2.75, 3.05) is 18.1 Å². The molecule has 3 nitrogen and oxygen atoms in total. The lowest BCUT2D eigenvalue weighted by molar-refractivity contribution is 0.413. The van der Waals surface area contributed by atoms with E-state index in [1.807, 2.05) is 0 Å². The van der Waals surface area contributed by atoms with Crippen LogP contribution in [0.15, 0.2) is 4.47 Å². The molecular formula is C15H26BrN3S. The van der Waals surface area contributed by atoms with Gasteiger partial charge in [0.05, 0.1) is 15.9 Å². The molecular weight excluding hydrogens is 334 g/mol. The summed E-state index contributed by atoms with van der Waals surface area (Å²) in [5.41, 5.74) is 2.59. The van der Waals surface area contributed by atoms with Gasteiger partial charge < -0.3 is 5.32 Å². The van der Waals surface area contributed by atoms with E-state index in [9.17, 15) is 0 Å². The van der Waals surface area contributed by atoms with E-state index in [2.05, 4.69) is 58.5 Å². The lowest BCUT2D eigenvalue weighted by Gasteiger charge is -2.20. The van der Waals surface area contributed by atoms with Crippen molar-refractivity contribution >= 4 is 27.7 Å². The molecule has 0 radical (unpaired) electrons. The molecule has 2 unspecified atom stereocenters. The first-order chi connectivity index (χ1) is 9.71. The highest BCUT2D eigenvalue weighted by Gasteiger charge is 2.29. The molecule has 0 aromatic carbocycles. The normalized spacial score (nSPS) is 22.6. The van der Waals surface area contributed by atoms with Crippen LogP contribution in [0.2, 0.25) is 0 Å². The van der Waals surface area contributed by atoms with Crippen LogP contribution in [-0.4, -0.2) is 33.9 Å². The van der Waals surface area contributed by atoms with E-state index < -0.39 is 0 Å². The molecule has 2 rings (SSSR count). The first-order valence-corrected chi connectivity index (χ1v) is 9.71. The Morgan fingerprint density at radius 1 is 1.35 bits per heavy atom. The van der Waals surface area contributed by atoms with Crippen molar-refractivity contribution in [2.24, 2.45) is 5.92 Å². The maximum atomic E-state index is 4.72. The molecule has 0 amide bonds.